The number of rotatable bonds is 3. The first kappa shape index (κ1) is 15.5. The molecular formula is C18H18N2O2S. The van der Waals surface area contributed by atoms with E-state index in [9.17, 15) is 4.79 Å². The highest BCUT2D eigenvalue weighted by atomic mass is 32.1. The van der Waals surface area contributed by atoms with Gasteiger partial charge in [0, 0.05) is 11.4 Å². The van der Waals surface area contributed by atoms with E-state index in [2.05, 4.69) is 54.6 Å². The molecule has 1 amide bonds. The summed E-state index contributed by atoms with van der Waals surface area (Å²) in [5.41, 5.74) is 3.48. The first-order chi connectivity index (χ1) is 11.1. The Morgan fingerprint density at radius 3 is 2.57 bits per heavy atom. The second-order valence-electron chi connectivity index (χ2n) is 5.29. The monoisotopic (exact) mass is 326 g/mol. The molecule has 3 aromatic rings. The maximum absolute atomic E-state index is 12.2. The fourth-order valence-electron chi connectivity index (χ4n) is 2.52. The van der Waals surface area contributed by atoms with Crippen LogP contribution < -0.4 is 4.80 Å². The number of benzene rings is 1. The molecule has 0 N–H and O–H groups in total. The van der Waals surface area contributed by atoms with Crippen LogP contribution in [-0.4, -0.2) is 10.5 Å². The first-order valence-electron chi connectivity index (χ1n) is 7.50. The van der Waals surface area contributed by atoms with Gasteiger partial charge in [-0.2, -0.15) is 4.99 Å². The van der Waals surface area contributed by atoms with Crippen LogP contribution in [0.1, 0.15) is 27.9 Å². The molecule has 0 atom stereocenters. The van der Waals surface area contributed by atoms with Crippen molar-refractivity contribution >= 4 is 17.2 Å². The van der Waals surface area contributed by atoms with Gasteiger partial charge in [-0.05, 0) is 38.5 Å². The molecule has 0 saturated heterocycles. The van der Waals surface area contributed by atoms with Crippen molar-refractivity contribution in [3.05, 3.63) is 63.7 Å². The quantitative estimate of drug-likeness (QED) is 0.724. The molecule has 0 aliphatic carbocycles. The fraction of sp³-hybridized carbons (Fsp3) is 0.222. The summed E-state index contributed by atoms with van der Waals surface area (Å²) in [5.74, 6) is -0.0931. The van der Waals surface area contributed by atoms with E-state index in [0.29, 0.717) is 4.80 Å². The van der Waals surface area contributed by atoms with Crippen molar-refractivity contribution in [2.45, 2.75) is 27.3 Å². The van der Waals surface area contributed by atoms with Crippen LogP contribution in [0.15, 0.2) is 52.1 Å². The summed E-state index contributed by atoms with van der Waals surface area (Å²) in [5, 5.41) is 0. The van der Waals surface area contributed by atoms with Crippen molar-refractivity contribution in [1.29, 1.82) is 0 Å². The van der Waals surface area contributed by atoms with E-state index in [1.165, 1.54) is 23.2 Å². The van der Waals surface area contributed by atoms with Gasteiger partial charge in [0.25, 0.3) is 0 Å². The predicted octanol–water partition coefficient (Wildman–Crippen LogP) is 4.19. The lowest BCUT2D eigenvalue weighted by molar-refractivity contribution is 0.0971. The molecule has 23 heavy (non-hydrogen) atoms. The molecule has 0 radical (unpaired) electrons. The minimum absolute atomic E-state index is 0.260. The Morgan fingerprint density at radius 1 is 1.22 bits per heavy atom. The van der Waals surface area contributed by atoms with E-state index in [1.807, 2.05) is 0 Å². The van der Waals surface area contributed by atoms with E-state index >= 15 is 0 Å². The molecule has 0 fully saturated rings. The molecule has 0 aliphatic heterocycles. The van der Waals surface area contributed by atoms with Crippen LogP contribution in [-0.2, 0) is 6.54 Å². The average Bonchev–Trinajstić information content (AvgIpc) is 3.16. The zero-order chi connectivity index (χ0) is 16.4. The van der Waals surface area contributed by atoms with E-state index in [1.54, 1.807) is 12.1 Å². The Kier molecular flexibility index (Phi) is 4.30. The van der Waals surface area contributed by atoms with Gasteiger partial charge in [-0.1, -0.05) is 29.8 Å². The highest BCUT2D eigenvalue weighted by molar-refractivity contribution is 7.09. The smallest absolute Gasteiger partial charge is 0.315 e. The molecule has 4 nitrogen and oxygen atoms in total. The van der Waals surface area contributed by atoms with E-state index in [-0.39, 0.29) is 11.7 Å². The second-order valence-corrected chi connectivity index (χ2v) is 6.48. The summed E-state index contributed by atoms with van der Waals surface area (Å²) in [6.45, 7) is 6.93. The molecule has 0 unspecified atom stereocenters. The Hall–Kier alpha value is -2.40. The van der Waals surface area contributed by atoms with Crippen LogP contribution in [0, 0.1) is 13.8 Å². The van der Waals surface area contributed by atoms with Gasteiger partial charge in [0.1, 0.15) is 0 Å². The maximum Gasteiger partial charge on any atom is 0.315 e. The number of aryl methyl sites for hydroxylation is 2. The molecule has 2 aromatic heterocycles. The number of thiazole rings is 1. The number of furan rings is 1. The molecule has 0 aliphatic rings. The van der Waals surface area contributed by atoms with Crippen molar-refractivity contribution in [1.82, 2.24) is 4.57 Å². The standard InChI is InChI=1S/C18H18N2O2S/c1-4-20-16(14-9-7-12(2)8-10-14)13(3)23-18(20)19-17(21)15-6-5-11-22-15/h5-11H,4H2,1-3H3. The Bertz CT molecular complexity index is 884. The first-order valence-corrected chi connectivity index (χ1v) is 8.31. The van der Waals surface area contributed by atoms with Crippen LogP contribution in [0.2, 0.25) is 0 Å². The van der Waals surface area contributed by atoms with Crippen LogP contribution >= 0.6 is 11.3 Å². The Balaban J connectivity index is 2.12. The molecule has 118 valence electrons. The SMILES string of the molecule is CCn1c(-c2ccc(C)cc2)c(C)sc1=NC(=O)c1ccco1. The van der Waals surface area contributed by atoms with Gasteiger partial charge in [-0.25, -0.2) is 0 Å². The minimum atomic E-state index is -0.353. The summed E-state index contributed by atoms with van der Waals surface area (Å²) < 4.78 is 7.20. The van der Waals surface area contributed by atoms with Gasteiger partial charge in [0.05, 0.1) is 12.0 Å². The largest absolute Gasteiger partial charge is 0.459 e. The molecule has 0 saturated carbocycles. The average molecular weight is 326 g/mol. The summed E-state index contributed by atoms with van der Waals surface area (Å²) in [7, 11) is 0. The van der Waals surface area contributed by atoms with Gasteiger partial charge in [0.2, 0.25) is 0 Å². The zero-order valence-electron chi connectivity index (χ0n) is 13.4. The maximum atomic E-state index is 12.2. The Labute approximate surface area is 138 Å². The summed E-state index contributed by atoms with van der Waals surface area (Å²) >= 11 is 1.52. The highest BCUT2D eigenvalue weighted by Gasteiger charge is 2.14. The number of carbonyl (C=O) groups is 1. The minimum Gasteiger partial charge on any atom is -0.459 e. The van der Waals surface area contributed by atoms with Crippen LogP contribution in [0.4, 0.5) is 0 Å². The number of amides is 1. The second kappa shape index (κ2) is 6.38. The number of nitrogens with zero attached hydrogens (tertiary/aromatic N) is 2. The summed E-state index contributed by atoms with van der Waals surface area (Å²) in [6.07, 6.45) is 1.48. The molecule has 1 aromatic carbocycles. The van der Waals surface area contributed by atoms with Crippen molar-refractivity contribution in [2.24, 2.45) is 4.99 Å². The summed E-state index contributed by atoms with van der Waals surface area (Å²) in [6, 6.07) is 11.7. The normalized spacial score (nSPS) is 11.9. The topological polar surface area (TPSA) is 47.5 Å². The van der Waals surface area contributed by atoms with Crippen molar-refractivity contribution in [3.63, 3.8) is 0 Å². The van der Waals surface area contributed by atoms with Crippen molar-refractivity contribution in [3.8, 4) is 11.3 Å². The molecule has 2 heterocycles. The fourth-order valence-corrected chi connectivity index (χ4v) is 3.57. The van der Waals surface area contributed by atoms with Gasteiger partial charge in [-0.15, -0.1) is 11.3 Å². The van der Waals surface area contributed by atoms with Crippen molar-refractivity contribution < 1.29 is 9.21 Å². The molecule has 5 heteroatoms. The zero-order valence-corrected chi connectivity index (χ0v) is 14.2. The lowest BCUT2D eigenvalue weighted by atomic mass is 10.1. The Morgan fingerprint density at radius 2 is 1.96 bits per heavy atom. The van der Waals surface area contributed by atoms with E-state index < -0.39 is 0 Å². The van der Waals surface area contributed by atoms with Crippen molar-refractivity contribution in [2.75, 3.05) is 0 Å². The number of carbonyl (C=O) groups excluding carboxylic acids is 1. The lowest BCUT2D eigenvalue weighted by Crippen LogP contribution is -2.17. The number of hydrogen-bond donors (Lipinski definition) is 0. The van der Waals surface area contributed by atoms with E-state index in [4.69, 9.17) is 4.42 Å². The third kappa shape index (κ3) is 3.05. The van der Waals surface area contributed by atoms with E-state index in [0.717, 1.165) is 22.7 Å². The van der Waals surface area contributed by atoms with Crippen LogP contribution in [0.5, 0.6) is 0 Å². The molecule has 0 bridgehead atoms. The van der Waals surface area contributed by atoms with Crippen LogP contribution in [0.25, 0.3) is 11.3 Å². The summed E-state index contributed by atoms with van der Waals surface area (Å²) in [4.78, 5) is 18.3. The van der Waals surface area contributed by atoms with Gasteiger partial charge < -0.3 is 8.98 Å². The van der Waals surface area contributed by atoms with Crippen LogP contribution in [0.3, 0.4) is 0 Å². The third-order valence-corrected chi connectivity index (χ3v) is 4.64. The number of aromatic nitrogens is 1. The lowest BCUT2D eigenvalue weighted by Gasteiger charge is -2.07. The third-order valence-electron chi connectivity index (χ3n) is 3.65. The molecular weight excluding hydrogens is 308 g/mol. The van der Waals surface area contributed by atoms with Gasteiger partial charge >= 0.3 is 5.91 Å². The van der Waals surface area contributed by atoms with Gasteiger partial charge in [0.15, 0.2) is 10.6 Å². The van der Waals surface area contributed by atoms with Gasteiger partial charge in [-0.3, -0.25) is 4.79 Å². The predicted molar refractivity (Wildman–Crippen MR) is 91.5 cm³/mol. The number of hydrogen-bond acceptors (Lipinski definition) is 3. The molecule has 3 rings (SSSR count). The molecule has 0 spiro atoms. The highest BCUT2D eigenvalue weighted by Crippen LogP contribution is 2.25.